The molecule has 34 heavy (non-hydrogen) atoms. The largest absolute Gasteiger partial charge is 0.246 e. The first-order valence-electron chi connectivity index (χ1n) is 13.3. The molecule has 2 heteroatoms. The first-order valence-corrected chi connectivity index (χ1v) is 16.2. The van der Waals surface area contributed by atoms with E-state index >= 15 is 0 Å². The van der Waals surface area contributed by atoms with Crippen LogP contribution in [0.5, 0.6) is 0 Å². The third-order valence-corrected chi connectivity index (χ3v) is 13.1. The van der Waals surface area contributed by atoms with Crippen LogP contribution < -0.4 is 10.9 Å². The molecule has 0 saturated heterocycles. The van der Waals surface area contributed by atoms with Crippen molar-refractivity contribution in [3.8, 4) is 0 Å². The second kappa shape index (κ2) is 9.16. The number of benzene rings is 3. The molecule has 1 saturated carbocycles. The zero-order valence-electron chi connectivity index (χ0n) is 21.8. The van der Waals surface area contributed by atoms with Gasteiger partial charge in [0.1, 0.15) is 0 Å². The predicted molar refractivity (Wildman–Crippen MR) is 156 cm³/mol. The van der Waals surface area contributed by atoms with Crippen molar-refractivity contribution in [3.63, 3.8) is 0 Å². The monoisotopic (exact) mass is 466 g/mol. The maximum absolute atomic E-state index is 2.66. The third-order valence-electron chi connectivity index (χ3n) is 8.97. The lowest BCUT2D eigenvalue weighted by Gasteiger charge is -2.46. The van der Waals surface area contributed by atoms with Gasteiger partial charge in [-0.15, -0.1) is 12.6 Å². The number of rotatable bonds is 4. The van der Waals surface area contributed by atoms with Crippen LogP contribution in [-0.2, 0) is 0 Å². The van der Waals surface area contributed by atoms with E-state index in [4.69, 9.17) is 0 Å². The number of aryl methyl sites for hydroxylation is 3. The summed E-state index contributed by atoms with van der Waals surface area (Å²) in [4.78, 5) is 0. The van der Waals surface area contributed by atoms with Gasteiger partial charge in [0, 0.05) is 19.5 Å². The molecule has 3 aromatic carbocycles. The second-order valence-corrected chi connectivity index (χ2v) is 16.4. The fourth-order valence-electron chi connectivity index (χ4n) is 7.26. The van der Waals surface area contributed by atoms with Crippen LogP contribution in [0, 0.1) is 26.7 Å². The number of hydrogen-bond acceptors (Lipinski definition) is 0. The first kappa shape index (κ1) is 23.6. The van der Waals surface area contributed by atoms with Gasteiger partial charge in [0.05, 0.1) is 0 Å². The van der Waals surface area contributed by atoms with E-state index in [0.717, 1.165) is 5.92 Å². The quantitative estimate of drug-likeness (QED) is 0.275. The molecular formula is C32H40BP. The van der Waals surface area contributed by atoms with Crippen molar-refractivity contribution in [3.05, 3.63) is 101 Å². The Balaban J connectivity index is 1.87. The van der Waals surface area contributed by atoms with E-state index in [1.54, 1.807) is 16.4 Å². The van der Waals surface area contributed by atoms with Crippen LogP contribution >= 0.6 is 7.14 Å². The molecule has 0 bridgehead atoms. The smallest absolute Gasteiger partial charge is 0.157 e. The Hall–Kier alpha value is -2.11. The fraction of sp³-hybridized carbons (Fsp3) is 0.375. The fourth-order valence-corrected chi connectivity index (χ4v) is 11.8. The van der Waals surface area contributed by atoms with Gasteiger partial charge < -0.3 is 0 Å². The molecule has 1 fully saturated rings. The molecule has 0 amide bonds. The van der Waals surface area contributed by atoms with Crippen LogP contribution in [0.1, 0.15) is 54.4 Å². The van der Waals surface area contributed by atoms with E-state index in [-0.39, 0.29) is 0 Å². The van der Waals surface area contributed by atoms with E-state index in [2.05, 4.69) is 107 Å². The highest BCUT2D eigenvalue weighted by Crippen LogP contribution is 2.71. The van der Waals surface area contributed by atoms with Gasteiger partial charge in [0.2, 0.25) is 5.87 Å². The van der Waals surface area contributed by atoms with Gasteiger partial charge in [0.15, 0.2) is 0 Å². The summed E-state index contributed by atoms with van der Waals surface area (Å²) in [5.74, 6) is -0.270. The van der Waals surface area contributed by atoms with Crippen molar-refractivity contribution in [1.82, 2.24) is 0 Å². The Bertz CT molecular complexity index is 1130. The Morgan fingerprint density at radius 2 is 1.06 bits per heavy atom. The van der Waals surface area contributed by atoms with Crippen LogP contribution in [0.3, 0.4) is 0 Å². The summed E-state index contributed by atoms with van der Waals surface area (Å²) < 4.78 is 0. The summed E-state index contributed by atoms with van der Waals surface area (Å²) in [6.07, 6.45) is 8.25. The summed E-state index contributed by atoms with van der Waals surface area (Å²) in [7, 11) is -1.38. The Labute approximate surface area is 208 Å². The maximum atomic E-state index is 2.66. The van der Waals surface area contributed by atoms with Gasteiger partial charge >= 0.3 is 0 Å². The van der Waals surface area contributed by atoms with Gasteiger partial charge in [-0.05, 0) is 39.5 Å². The van der Waals surface area contributed by atoms with E-state index in [0.29, 0.717) is 0 Å². The van der Waals surface area contributed by atoms with Gasteiger partial charge in [-0.2, -0.15) is 10.9 Å². The molecule has 0 N–H and O–H groups in total. The van der Waals surface area contributed by atoms with Gasteiger partial charge in [-0.25, -0.2) is 0 Å². The summed E-state index contributed by atoms with van der Waals surface area (Å²) >= 11 is 0. The Morgan fingerprint density at radius 1 is 0.618 bits per heavy atom. The molecule has 0 nitrogen and oxygen atoms in total. The highest BCUT2D eigenvalue weighted by Gasteiger charge is 2.57. The van der Waals surface area contributed by atoms with Crippen molar-refractivity contribution < 1.29 is 0 Å². The predicted octanol–water partition coefficient (Wildman–Crippen LogP) is 7.54. The second-order valence-electron chi connectivity index (χ2n) is 11.7. The van der Waals surface area contributed by atoms with E-state index in [1.807, 2.05) is 5.57 Å². The highest BCUT2D eigenvalue weighted by atomic mass is 31.2. The SMILES string of the molecule is Cc1ccc(C2=C(C3CCCCC3)C[P+](C)(C)[B-]2(c2ccc(C)cc2)c2ccc(C)cc2)cc1. The molecule has 1 aliphatic heterocycles. The van der Waals surface area contributed by atoms with Crippen molar-refractivity contribution in [2.24, 2.45) is 5.92 Å². The average molecular weight is 466 g/mol. The van der Waals surface area contributed by atoms with Crippen molar-refractivity contribution in [2.75, 3.05) is 19.5 Å². The number of hydrogen-bond donors (Lipinski definition) is 0. The minimum atomic E-state index is -1.38. The summed E-state index contributed by atoms with van der Waals surface area (Å²) in [5.41, 5.74) is 12.1. The maximum Gasteiger partial charge on any atom is 0.246 e. The molecule has 176 valence electrons. The molecule has 0 spiro atoms. The lowest BCUT2D eigenvalue weighted by atomic mass is 9.32. The zero-order chi connectivity index (χ0) is 23.9. The Morgan fingerprint density at radius 3 is 1.53 bits per heavy atom. The average Bonchev–Trinajstić information content (AvgIpc) is 3.09. The lowest BCUT2D eigenvalue weighted by molar-refractivity contribution is 0.405. The molecule has 0 atom stereocenters. The zero-order valence-corrected chi connectivity index (χ0v) is 22.7. The molecule has 2 aliphatic rings. The van der Waals surface area contributed by atoms with Crippen molar-refractivity contribution >= 4 is 29.4 Å². The molecule has 1 aliphatic carbocycles. The van der Waals surface area contributed by atoms with Gasteiger partial charge in [0.25, 0.3) is 0 Å². The van der Waals surface area contributed by atoms with Crippen LogP contribution in [0.25, 0.3) is 5.47 Å². The van der Waals surface area contributed by atoms with Crippen LogP contribution in [0.2, 0.25) is 0 Å². The topological polar surface area (TPSA) is 0 Å². The lowest BCUT2D eigenvalue weighted by Crippen LogP contribution is -2.59. The highest BCUT2D eigenvalue weighted by molar-refractivity contribution is 8.14. The molecule has 3 aromatic rings. The molecule has 5 rings (SSSR count). The van der Waals surface area contributed by atoms with Gasteiger partial charge in [-0.1, -0.05) is 120 Å². The van der Waals surface area contributed by atoms with Crippen LogP contribution in [0.15, 0.2) is 78.4 Å². The normalized spacial score (nSPS) is 20.0. The molecule has 1 heterocycles. The van der Waals surface area contributed by atoms with E-state index < -0.39 is 13.0 Å². The minimum absolute atomic E-state index is 0.754. The standard InChI is InChI=1S/C32H40BP/c1-24-11-17-28(18-12-24)32-31(27-9-7-6-8-10-27)23-34(4,5)33(32,29-19-13-25(2)14-20-29)30-21-15-26(3)16-22-30/h11-22,27H,6-10,23H2,1-5H3. The molecule has 0 unspecified atom stereocenters. The summed E-state index contributed by atoms with van der Waals surface area (Å²) in [6.45, 7) is 12.0. The molecule has 0 aromatic heterocycles. The summed E-state index contributed by atoms with van der Waals surface area (Å²) in [5, 5.41) is 0. The van der Waals surface area contributed by atoms with E-state index in [9.17, 15) is 0 Å². The van der Waals surface area contributed by atoms with Crippen LogP contribution in [0.4, 0.5) is 0 Å². The Kier molecular flexibility index (Phi) is 6.37. The van der Waals surface area contributed by atoms with Crippen molar-refractivity contribution in [2.45, 2.75) is 52.9 Å². The molecular weight excluding hydrogens is 426 g/mol. The van der Waals surface area contributed by atoms with Crippen molar-refractivity contribution in [1.29, 1.82) is 0 Å². The van der Waals surface area contributed by atoms with Crippen LogP contribution in [-0.4, -0.2) is 25.4 Å². The number of allylic oxidation sites excluding steroid dienone is 1. The summed E-state index contributed by atoms with van der Waals surface area (Å²) in [6, 6.07) is 28.8. The minimum Gasteiger partial charge on any atom is -0.157 e. The molecule has 0 radical (unpaired) electrons. The van der Waals surface area contributed by atoms with Gasteiger partial charge in [-0.3, -0.25) is 0 Å². The van der Waals surface area contributed by atoms with E-state index in [1.165, 1.54) is 60.5 Å². The third kappa shape index (κ3) is 3.91. The first-order chi connectivity index (χ1) is 16.3.